The molecule has 0 bridgehead atoms. The summed E-state index contributed by atoms with van der Waals surface area (Å²) >= 11 is 0. The fraction of sp³-hybridized carbons (Fsp3) is 0. The van der Waals surface area contributed by atoms with E-state index in [9.17, 15) is 0 Å². The molecule has 0 rings (SSSR count). The van der Waals surface area contributed by atoms with Crippen LogP contribution >= 0.6 is 0 Å². The molecule has 0 amide bonds. The number of hydrogen-bond donors (Lipinski definition) is 0. The van der Waals surface area contributed by atoms with Crippen molar-refractivity contribution in [3.8, 4) is 0 Å². The van der Waals surface area contributed by atoms with Crippen LogP contribution in [0.5, 0.6) is 0 Å². The van der Waals surface area contributed by atoms with E-state index in [1.807, 2.05) is 0 Å². The van der Waals surface area contributed by atoms with E-state index >= 15 is 0 Å². The van der Waals surface area contributed by atoms with Crippen LogP contribution < -0.4 is 18.9 Å². The van der Waals surface area contributed by atoms with E-state index in [0.717, 1.165) is 0 Å². The normalized spacial score (nSPS) is 0. The molecule has 0 N–H and O–H groups in total. The van der Waals surface area contributed by atoms with E-state index in [4.69, 9.17) is 0 Å². The molecule has 0 saturated heterocycles. The fourth-order valence-electron chi connectivity index (χ4n) is 0. The zero-order valence-corrected chi connectivity index (χ0v) is 4.87. The molecule has 0 aliphatic rings. The van der Waals surface area contributed by atoms with Crippen LogP contribution in [0.15, 0.2) is 0 Å². The Morgan fingerprint density at radius 2 is 0.600 bits per heavy atom. The summed E-state index contributed by atoms with van der Waals surface area (Å²) < 4.78 is 0. The quantitative estimate of drug-likeness (QED) is 0.321. The Kier molecular flexibility index (Phi) is 1430. The van der Waals surface area contributed by atoms with Crippen LogP contribution in [-0.2, 0) is 38.8 Å². The SMILES string of the molecule is [Li+].[Nb+5].[O-2].[O-2].[O-2]. The van der Waals surface area contributed by atoms with Gasteiger partial charge in [-0.1, -0.05) is 0 Å². The molecule has 0 aromatic carbocycles. The zero-order chi connectivity index (χ0) is 0. The van der Waals surface area contributed by atoms with Crippen molar-refractivity contribution >= 4 is 0 Å². The van der Waals surface area contributed by atoms with E-state index in [2.05, 4.69) is 0 Å². The third-order valence-corrected chi connectivity index (χ3v) is 0. The van der Waals surface area contributed by atoms with Gasteiger partial charge in [-0.2, -0.15) is 0 Å². The summed E-state index contributed by atoms with van der Waals surface area (Å²) in [6.07, 6.45) is 0. The first-order valence-electron chi connectivity index (χ1n) is 0. The smallest absolute Gasteiger partial charge is 2.00 e. The van der Waals surface area contributed by atoms with E-state index in [0.29, 0.717) is 0 Å². The second-order valence-corrected chi connectivity index (χ2v) is 0. The molecular weight excluding hydrogens is 148 g/mol. The Bertz CT molecular complexity index is 6.85. The third kappa shape index (κ3) is 36.4. The summed E-state index contributed by atoms with van der Waals surface area (Å²) in [6, 6.07) is 0. The van der Waals surface area contributed by atoms with Crippen LogP contribution in [-0.4, -0.2) is 0 Å². The number of hydrogen-bond acceptors (Lipinski definition) is 0. The largest absolute Gasteiger partial charge is 5.00 e. The molecule has 0 heterocycles. The van der Waals surface area contributed by atoms with Crippen molar-refractivity contribution in [1.29, 1.82) is 0 Å². The van der Waals surface area contributed by atoms with Crippen LogP contribution in [0.3, 0.4) is 0 Å². The monoisotopic (exact) mass is 148 g/mol. The van der Waals surface area contributed by atoms with Crippen LogP contribution in [0.4, 0.5) is 0 Å². The maximum Gasteiger partial charge on any atom is 5.00 e. The first kappa shape index (κ1) is 114. The van der Waals surface area contributed by atoms with Crippen molar-refractivity contribution < 1.29 is 57.7 Å². The molecule has 5 heteroatoms. The minimum atomic E-state index is 0. The van der Waals surface area contributed by atoms with Gasteiger partial charge in [0.2, 0.25) is 0 Å². The standard InChI is InChI=1S/Li.Nb.3O/q+1;+5;3*-2. The molecule has 0 aromatic rings. The average Bonchev–Trinajstić information content (AvgIpc) is 0. The van der Waals surface area contributed by atoms with Gasteiger partial charge in [-0.25, -0.2) is 0 Å². The van der Waals surface area contributed by atoms with Gasteiger partial charge < -0.3 is 16.4 Å². The molecule has 0 unspecified atom stereocenters. The molecule has 24 valence electrons. The zero-order valence-electron chi connectivity index (χ0n) is 2.67. The van der Waals surface area contributed by atoms with Crippen molar-refractivity contribution in [3.05, 3.63) is 0 Å². The third-order valence-electron chi connectivity index (χ3n) is 0. The first-order valence-corrected chi connectivity index (χ1v) is 0. The second kappa shape index (κ2) is 62.6. The number of rotatable bonds is 0. The van der Waals surface area contributed by atoms with Crippen LogP contribution in [0.1, 0.15) is 0 Å². The summed E-state index contributed by atoms with van der Waals surface area (Å²) in [5, 5.41) is 0. The molecule has 0 aliphatic heterocycles. The molecule has 0 spiro atoms. The molecule has 5 heavy (non-hydrogen) atoms. The maximum atomic E-state index is 0. The molecule has 0 fully saturated rings. The molecule has 0 saturated carbocycles. The van der Waals surface area contributed by atoms with E-state index < -0.39 is 0 Å². The molecule has 0 aromatic heterocycles. The molecular formula is LiNbO3. The van der Waals surface area contributed by atoms with E-state index in [1.54, 1.807) is 0 Å². The van der Waals surface area contributed by atoms with Crippen LogP contribution in [0.2, 0.25) is 0 Å². The topological polar surface area (TPSA) is 85.5 Å². The summed E-state index contributed by atoms with van der Waals surface area (Å²) in [5.41, 5.74) is 0. The van der Waals surface area contributed by atoms with E-state index in [1.165, 1.54) is 0 Å². The Morgan fingerprint density at radius 3 is 0.600 bits per heavy atom. The minimum absolute atomic E-state index is 0. The van der Waals surface area contributed by atoms with Crippen molar-refractivity contribution in [2.45, 2.75) is 0 Å². The fourth-order valence-corrected chi connectivity index (χ4v) is 0. The van der Waals surface area contributed by atoms with Gasteiger partial charge >= 0.3 is 41.2 Å². The predicted molar refractivity (Wildman–Crippen MR) is 2.06 cm³/mol. The Hall–Kier alpha value is 1.22. The average molecular weight is 148 g/mol. The maximum absolute atomic E-state index is 0. The van der Waals surface area contributed by atoms with Gasteiger partial charge in [0.15, 0.2) is 0 Å². The molecule has 0 atom stereocenters. The van der Waals surface area contributed by atoms with Crippen LogP contribution in [0.25, 0.3) is 0 Å². The summed E-state index contributed by atoms with van der Waals surface area (Å²) in [5.74, 6) is 0. The summed E-state index contributed by atoms with van der Waals surface area (Å²) in [7, 11) is 0. The van der Waals surface area contributed by atoms with Gasteiger partial charge in [0.1, 0.15) is 0 Å². The van der Waals surface area contributed by atoms with Crippen LogP contribution in [0, 0.1) is 0 Å². The predicted octanol–water partition coefficient (Wildman–Crippen LogP) is -3.35. The summed E-state index contributed by atoms with van der Waals surface area (Å²) in [4.78, 5) is 0. The Morgan fingerprint density at radius 1 is 0.600 bits per heavy atom. The molecule has 3 nitrogen and oxygen atoms in total. The molecule has 0 aliphatic carbocycles. The minimum Gasteiger partial charge on any atom is -2.00 e. The van der Waals surface area contributed by atoms with Gasteiger partial charge in [-0.15, -0.1) is 0 Å². The van der Waals surface area contributed by atoms with Gasteiger partial charge in [0.25, 0.3) is 0 Å². The van der Waals surface area contributed by atoms with Gasteiger partial charge in [-0.3, -0.25) is 0 Å². The second-order valence-electron chi connectivity index (χ2n) is 0. The Labute approximate surface area is 57.7 Å². The first-order chi connectivity index (χ1) is 0. The van der Waals surface area contributed by atoms with E-state index in [-0.39, 0.29) is 57.7 Å². The van der Waals surface area contributed by atoms with Gasteiger partial charge in [-0.05, 0) is 0 Å². The van der Waals surface area contributed by atoms with Crippen molar-refractivity contribution in [3.63, 3.8) is 0 Å². The van der Waals surface area contributed by atoms with Crippen molar-refractivity contribution in [2.24, 2.45) is 0 Å². The van der Waals surface area contributed by atoms with Gasteiger partial charge in [0.05, 0.1) is 0 Å². The Balaban J connectivity index is 0. The van der Waals surface area contributed by atoms with Crippen molar-refractivity contribution in [2.75, 3.05) is 0 Å². The molecule has 0 radical (unpaired) electrons. The summed E-state index contributed by atoms with van der Waals surface area (Å²) in [6.45, 7) is 0. The van der Waals surface area contributed by atoms with Crippen molar-refractivity contribution in [1.82, 2.24) is 0 Å². The van der Waals surface area contributed by atoms with Gasteiger partial charge in [0, 0.05) is 0 Å².